The number of fused-ring (bicyclic) bond motifs is 1. The van der Waals surface area contributed by atoms with Crippen molar-refractivity contribution in [3.63, 3.8) is 0 Å². The summed E-state index contributed by atoms with van der Waals surface area (Å²) in [6.45, 7) is 2.08. The van der Waals surface area contributed by atoms with E-state index in [9.17, 15) is 4.79 Å². The second kappa shape index (κ2) is 10.9. The number of hydrogen-bond acceptors (Lipinski definition) is 5. The summed E-state index contributed by atoms with van der Waals surface area (Å²) in [7, 11) is 0. The molecule has 0 atom stereocenters. The van der Waals surface area contributed by atoms with Crippen LogP contribution in [0.2, 0.25) is 0 Å². The lowest BCUT2D eigenvalue weighted by molar-refractivity contribution is -0.118. The Labute approximate surface area is 209 Å². The van der Waals surface area contributed by atoms with Gasteiger partial charge in [0.2, 0.25) is 0 Å². The van der Waals surface area contributed by atoms with Gasteiger partial charge in [0.25, 0.3) is 5.91 Å². The molecule has 35 heavy (non-hydrogen) atoms. The second-order valence-electron chi connectivity index (χ2n) is 8.98. The lowest BCUT2D eigenvalue weighted by atomic mass is 9.95. The topological polar surface area (TPSA) is 72.2 Å². The van der Waals surface area contributed by atoms with Gasteiger partial charge < -0.3 is 0 Å². The molecule has 0 aliphatic heterocycles. The highest BCUT2D eigenvalue weighted by atomic mass is 32.2. The fourth-order valence-electron chi connectivity index (χ4n) is 4.64. The summed E-state index contributed by atoms with van der Waals surface area (Å²) in [4.78, 5) is 12.6. The predicted molar refractivity (Wildman–Crippen MR) is 143 cm³/mol. The van der Waals surface area contributed by atoms with Crippen molar-refractivity contribution in [2.45, 2.75) is 50.2 Å². The molecule has 1 saturated carbocycles. The third-order valence-corrected chi connectivity index (χ3v) is 7.41. The van der Waals surface area contributed by atoms with Crippen molar-refractivity contribution in [1.82, 2.24) is 20.2 Å². The molecular weight excluding hydrogens is 454 g/mol. The van der Waals surface area contributed by atoms with Crippen LogP contribution >= 0.6 is 11.8 Å². The number of hydrazone groups is 1. The van der Waals surface area contributed by atoms with E-state index in [-0.39, 0.29) is 11.7 Å². The zero-order valence-corrected chi connectivity index (χ0v) is 20.7. The van der Waals surface area contributed by atoms with Crippen LogP contribution in [-0.4, -0.2) is 32.6 Å². The maximum Gasteiger partial charge on any atom is 0.250 e. The van der Waals surface area contributed by atoms with E-state index in [4.69, 9.17) is 0 Å². The quantitative estimate of drug-likeness (QED) is 0.194. The lowest BCUT2D eigenvalue weighted by Crippen LogP contribution is -2.20. The minimum Gasteiger partial charge on any atom is -0.299 e. The molecule has 4 aromatic rings. The van der Waals surface area contributed by atoms with Gasteiger partial charge in [0, 0.05) is 17.2 Å². The Bertz CT molecular complexity index is 1330. The van der Waals surface area contributed by atoms with Gasteiger partial charge in [0.15, 0.2) is 11.0 Å². The van der Waals surface area contributed by atoms with E-state index in [0.717, 1.165) is 45.7 Å². The number of thioether (sulfide) groups is 1. The van der Waals surface area contributed by atoms with Gasteiger partial charge in [-0.3, -0.25) is 9.36 Å². The number of nitrogens with zero attached hydrogens (tertiary/aromatic N) is 4. The van der Waals surface area contributed by atoms with E-state index >= 15 is 0 Å². The molecule has 0 spiro atoms. The van der Waals surface area contributed by atoms with Gasteiger partial charge in [-0.15, -0.1) is 10.2 Å². The van der Waals surface area contributed by atoms with Gasteiger partial charge in [-0.1, -0.05) is 103 Å². The van der Waals surface area contributed by atoms with Crippen molar-refractivity contribution >= 4 is 34.7 Å². The van der Waals surface area contributed by atoms with Gasteiger partial charge in [-0.05, 0) is 30.5 Å². The van der Waals surface area contributed by atoms with Crippen LogP contribution in [-0.2, 0) is 4.79 Å². The third-order valence-electron chi connectivity index (χ3n) is 6.46. The fraction of sp³-hybridized carbons (Fsp3) is 0.286. The Hall–Kier alpha value is -3.45. The molecule has 0 saturated heterocycles. The highest BCUT2D eigenvalue weighted by Crippen LogP contribution is 2.35. The molecule has 1 N–H and O–H groups in total. The van der Waals surface area contributed by atoms with Crippen molar-refractivity contribution < 1.29 is 4.79 Å². The van der Waals surface area contributed by atoms with E-state index in [2.05, 4.69) is 74.7 Å². The van der Waals surface area contributed by atoms with Gasteiger partial charge in [-0.2, -0.15) is 5.10 Å². The first-order valence-corrected chi connectivity index (χ1v) is 13.1. The van der Waals surface area contributed by atoms with Crippen LogP contribution in [0.1, 0.15) is 49.3 Å². The molecular formula is C28H29N5OS. The van der Waals surface area contributed by atoms with Crippen LogP contribution in [0.25, 0.3) is 22.2 Å². The van der Waals surface area contributed by atoms with Crippen LogP contribution in [0.4, 0.5) is 0 Å². The molecule has 3 aromatic carbocycles. The molecule has 0 bridgehead atoms. The summed E-state index contributed by atoms with van der Waals surface area (Å²) in [5.74, 6) is 0.946. The largest absolute Gasteiger partial charge is 0.299 e. The fourth-order valence-corrected chi connectivity index (χ4v) is 5.44. The molecule has 5 rings (SSSR count). The molecule has 178 valence electrons. The summed E-state index contributed by atoms with van der Waals surface area (Å²) in [5, 5.41) is 16.2. The molecule has 6 nitrogen and oxygen atoms in total. The van der Waals surface area contributed by atoms with Crippen LogP contribution < -0.4 is 5.43 Å². The van der Waals surface area contributed by atoms with Gasteiger partial charge >= 0.3 is 0 Å². The molecule has 1 amide bonds. The number of carbonyl (C=O) groups is 1. The summed E-state index contributed by atoms with van der Waals surface area (Å²) in [5.41, 5.74) is 5.91. The third kappa shape index (κ3) is 5.46. The number of amides is 1. The van der Waals surface area contributed by atoms with Crippen LogP contribution in [0.15, 0.2) is 77.0 Å². The molecule has 7 heteroatoms. The van der Waals surface area contributed by atoms with Gasteiger partial charge in [0.05, 0.1) is 12.0 Å². The van der Waals surface area contributed by atoms with E-state index in [1.165, 1.54) is 36.6 Å². The normalized spacial score (nSPS) is 14.5. The van der Waals surface area contributed by atoms with Gasteiger partial charge in [0.1, 0.15) is 0 Å². The van der Waals surface area contributed by atoms with Crippen molar-refractivity contribution in [3.05, 3.63) is 77.9 Å². The molecule has 1 aliphatic rings. The standard InChI is InChI=1S/C28H29N5OS/c1-20-14-16-22(17-15-20)27-31-32-28(33(27)24-11-3-2-4-12-24)35-19-26(34)30-29-18-23-10-7-9-21-8-5-6-13-25(21)23/h5-10,13-18,24H,2-4,11-12,19H2,1H3,(H,30,34)/b29-18-. The van der Waals surface area contributed by atoms with Crippen LogP contribution in [0, 0.1) is 6.92 Å². The Morgan fingerprint density at radius 1 is 1.03 bits per heavy atom. The van der Waals surface area contributed by atoms with Crippen molar-refractivity contribution in [2.75, 3.05) is 5.75 Å². The number of aromatic nitrogens is 3. The molecule has 0 radical (unpaired) electrons. The predicted octanol–water partition coefficient (Wildman–Crippen LogP) is 6.15. The summed E-state index contributed by atoms with van der Waals surface area (Å²) in [6.07, 6.45) is 7.63. The lowest BCUT2D eigenvalue weighted by Gasteiger charge is -2.25. The Balaban J connectivity index is 1.28. The Morgan fingerprint density at radius 3 is 2.63 bits per heavy atom. The summed E-state index contributed by atoms with van der Waals surface area (Å²) < 4.78 is 2.25. The number of benzene rings is 3. The monoisotopic (exact) mass is 483 g/mol. The maximum atomic E-state index is 12.6. The minimum absolute atomic E-state index is 0.165. The van der Waals surface area contributed by atoms with E-state index in [1.54, 1.807) is 6.21 Å². The average molecular weight is 484 g/mol. The molecule has 1 fully saturated rings. The Kier molecular flexibility index (Phi) is 7.23. The van der Waals surface area contributed by atoms with Crippen LogP contribution in [0.3, 0.4) is 0 Å². The summed E-state index contributed by atoms with van der Waals surface area (Å²) >= 11 is 1.42. The van der Waals surface area contributed by atoms with Crippen molar-refractivity contribution in [3.8, 4) is 11.4 Å². The minimum atomic E-state index is -0.165. The van der Waals surface area contributed by atoms with E-state index in [0.29, 0.717) is 6.04 Å². The highest BCUT2D eigenvalue weighted by Gasteiger charge is 2.24. The average Bonchev–Trinajstić information content (AvgIpc) is 3.32. The first-order valence-electron chi connectivity index (χ1n) is 12.1. The van der Waals surface area contributed by atoms with Crippen LogP contribution in [0.5, 0.6) is 0 Å². The Morgan fingerprint density at radius 2 is 1.80 bits per heavy atom. The van der Waals surface area contributed by atoms with Crippen molar-refractivity contribution in [1.29, 1.82) is 0 Å². The number of nitrogens with one attached hydrogen (secondary N) is 1. The molecule has 1 heterocycles. The molecule has 1 aliphatic carbocycles. The number of aryl methyl sites for hydroxylation is 1. The SMILES string of the molecule is Cc1ccc(-c2nnc(SCC(=O)N/N=C\c3cccc4ccccc34)n2C2CCCCC2)cc1. The first-order chi connectivity index (χ1) is 17.2. The number of hydrogen-bond donors (Lipinski definition) is 1. The maximum absolute atomic E-state index is 12.6. The number of carbonyl (C=O) groups excluding carboxylic acids is 1. The van der Waals surface area contributed by atoms with E-state index < -0.39 is 0 Å². The van der Waals surface area contributed by atoms with Gasteiger partial charge in [-0.25, -0.2) is 5.43 Å². The summed E-state index contributed by atoms with van der Waals surface area (Å²) in [6, 6.07) is 22.9. The van der Waals surface area contributed by atoms with Crippen molar-refractivity contribution in [2.24, 2.45) is 5.10 Å². The second-order valence-corrected chi connectivity index (χ2v) is 9.93. The zero-order chi connectivity index (χ0) is 24.0. The first kappa shape index (κ1) is 23.3. The number of rotatable bonds is 7. The van der Waals surface area contributed by atoms with E-state index in [1.807, 2.05) is 24.3 Å². The zero-order valence-electron chi connectivity index (χ0n) is 19.9. The molecule has 0 unspecified atom stereocenters. The molecule has 1 aromatic heterocycles. The highest BCUT2D eigenvalue weighted by molar-refractivity contribution is 7.99. The smallest absolute Gasteiger partial charge is 0.250 e.